The first-order valence-electron chi connectivity index (χ1n) is 14.1. The molecule has 2 aliphatic heterocycles. The van der Waals surface area contributed by atoms with E-state index in [0.29, 0.717) is 42.9 Å². The van der Waals surface area contributed by atoms with Gasteiger partial charge in [-0.2, -0.15) is 0 Å². The zero-order valence-electron chi connectivity index (χ0n) is 24.1. The lowest BCUT2D eigenvalue weighted by molar-refractivity contribution is -0.0980. The van der Waals surface area contributed by atoms with Gasteiger partial charge in [0.2, 0.25) is 0 Å². The number of rotatable bonds is 4. The predicted molar refractivity (Wildman–Crippen MR) is 166 cm³/mol. The molecular weight excluding hydrogens is 565 g/mol. The molecule has 10 heteroatoms. The van der Waals surface area contributed by atoms with Gasteiger partial charge in [0, 0.05) is 65.7 Å². The number of anilines is 2. The molecular formula is C33H30FN5O3S. The Kier molecular flexibility index (Phi) is 6.35. The second-order valence-corrected chi connectivity index (χ2v) is 13.3. The minimum Gasteiger partial charge on any atom is -0.444 e. The fourth-order valence-electron chi connectivity index (χ4n) is 5.90. The van der Waals surface area contributed by atoms with Gasteiger partial charge in [-0.3, -0.25) is 9.78 Å². The Morgan fingerprint density at radius 3 is 2.49 bits per heavy atom. The second kappa shape index (κ2) is 10.0. The monoisotopic (exact) mass is 595 g/mol. The largest absolute Gasteiger partial charge is 0.444 e. The Bertz CT molecular complexity index is 1900. The second-order valence-electron chi connectivity index (χ2n) is 12.4. The topological polar surface area (TPSA) is 87.7 Å². The van der Waals surface area contributed by atoms with Crippen LogP contribution in [-0.4, -0.2) is 63.5 Å². The molecule has 2 fully saturated rings. The van der Waals surface area contributed by atoms with Crippen molar-refractivity contribution in [2.45, 2.75) is 26.4 Å². The third kappa shape index (κ3) is 5.16. The third-order valence-corrected chi connectivity index (χ3v) is 8.73. The molecule has 0 bridgehead atoms. The summed E-state index contributed by atoms with van der Waals surface area (Å²) < 4.78 is 22.0. The fourth-order valence-corrected chi connectivity index (χ4v) is 6.56. The van der Waals surface area contributed by atoms with E-state index in [-0.39, 0.29) is 17.4 Å². The highest BCUT2D eigenvalue weighted by Gasteiger charge is 2.55. The lowest BCUT2D eigenvalue weighted by Crippen LogP contribution is -2.73. The van der Waals surface area contributed by atoms with Crippen LogP contribution in [0.3, 0.4) is 0 Å². The number of aromatic nitrogens is 2. The molecule has 0 saturated carbocycles. The maximum atomic E-state index is 15.5. The van der Waals surface area contributed by atoms with Gasteiger partial charge in [-0.15, -0.1) is 11.3 Å². The molecule has 8 nitrogen and oxygen atoms in total. The van der Waals surface area contributed by atoms with Crippen LogP contribution < -0.4 is 5.32 Å². The molecule has 7 rings (SSSR count). The number of hydrogen-bond acceptors (Lipinski definition) is 7. The third-order valence-electron chi connectivity index (χ3n) is 7.92. The minimum atomic E-state index is -0.544. The SMILES string of the molecule is CC(C)(C)OC(=O)N1CC2(C1)CN(C(=O)c1ccc(-c3ccc4nccc(Nc5ccc6scnc6c5)c4c3)c(F)c1)C2. The highest BCUT2D eigenvalue weighted by Crippen LogP contribution is 2.41. The van der Waals surface area contributed by atoms with Crippen LogP contribution in [0.25, 0.3) is 32.2 Å². The number of ether oxygens (including phenoxy) is 1. The van der Waals surface area contributed by atoms with Crippen molar-refractivity contribution in [1.82, 2.24) is 19.8 Å². The molecule has 1 N–H and O–H groups in total. The number of thiazole rings is 1. The van der Waals surface area contributed by atoms with Crippen molar-refractivity contribution in [3.05, 3.63) is 83.8 Å². The Labute approximate surface area is 252 Å². The normalized spacial score (nSPS) is 15.8. The number of carbonyl (C=O) groups excluding carboxylic acids is 2. The summed E-state index contributed by atoms with van der Waals surface area (Å²) in [6.45, 7) is 7.72. The number of amides is 2. The first kappa shape index (κ1) is 27.3. The molecule has 0 radical (unpaired) electrons. The Hall–Kier alpha value is -4.57. The van der Waals surface area contributed by atoms with Gasteiger partial charge in [0.1, 0.15) is 11.4 Å². The molecule has 43 heavy (non-hydrogen) atoms. The van der Waals surface area contributed by atoms with Crippen molar-refractivity contribution < 1.29 is 18.7 Å². The molecule has 2 amide bonds. The smallest absolute Gasteiger partial charge is 0.410 e. The van der Waals surface area contributed by atoms with Crippen molar-refractivity contribution >= 4 is 55.8 Å². The molecule has 3 aromatic carbocycles. The summed E-state index contributed by atoms with van der Waals surface area (Å²) in [5, 5.41) is 4.31. The minimum absolute atomic E-state index is 0.0953. The summed E-state index contributed by atoms with van der Waals surface area (Å²) in [5.41, 5.74) is 6.05. The number of fused-ring (bicyclic) bond motifs is 2. The first-order valence-corrected chi connectivity index (χ1v) is 15.0. The molecule has 0 unspecified atom stereocenters. The van der Waals surface area contributed by atoms with Gasteiger partial charge < -0.3 is 19.9 Å². The Morgan fingerprint density at radius 2 is 1.72 bits per heavy atom. The van der Waals surface area contributed by atoms with Crippen molar-refractivity contribution in [2.75, 3.05) is 31.5 Å². The molecule has 0 atom stereocenters. The van der Waals surface area contributed by atoms with Gasteiger partial charge in [0.25, 0.3) is 5.91 Å². The van der Waals surface area contributed by atoms with Gasteiger partial charge in [0.05, 0.1) is 21.2 Å². The van der Waals surface area contributed by atoms with E-state index in [2.05, 4.69) is 15.3 Å². The van der Waals surface area contributed by atoms with Crippen molar-refractivity contribution in [3.8, 4) is 11.1 Å². The molecule has 4 heterocycles. The van der Waals surface area contributed by atoms with Crippen molar-refractivity contribution in [1.29, 1.82) is 0 Å². The van der Waals surface area contributed by atoms with Gasteiger partial charge >= 0.3 is 6.09 Å². The number of hydrogen-bond donors (Lipinski definition) is 1. The summed E-state index contributed by atoms with van der Waals surface area (Å²) in [4.78, 5) is 37.7. The number of nitrogens with one attached hydrogen (secondary N) is 1. The molecule has 0 aliphatic carbocycles. The van der Waals surface area contributed by atoms with Crippen molar-refractivity contribution in [2.24, 2.45) is 5.41 Å². The molecule has 1 spiro atoms. The van der Waals surface area contributed by atoms with E-state index in [0.717, 1.165) is 32.5 Å². The Morgan fingerprint density at radius 1 is 0.930 bits per heavy atom. The first-order chi connectivity index (χ1) is 20.6. The molecule has 2 saturated heterocycles. The van der Waals surface area contributed by atoms with Crippen LogP contribution in [0.4, 0.5) is 20.6 Å². The van der Waals surface area contributed by atoms with Crippen LogP contribution in [0, 0.1) is 11.2 Å². The number of halogens is 1. The van der Waals surface area contributed by atoms with E-state index in [4.69, 9.17) is 4.74 Å². The summed E-state index contributed by atoms with van der Waals surface area (Å²) in [6.07, 6.45) is 1.41. The molecule has 5 aromatic rings. The number of pyridine rings is 1. The number of carbonyl (C=O) groups is 2. The van der Waals surface area contributed by atoms with E-state index in [1.165, 1.54) is 6.07 Å². The number of benzene rings is 3. The van der Waals surface area contributed by atoms with Crippen LogP contribution in [0.15, 0.2) is 72.4 Å². The number of nitrogens with zero attached hydrogens (tertiary/aromatic N) is 4. The Balaban J connectivity index is 1.05. The average molecular weight is 596 g/mol. The lowest BCUT2D eigenvalue weighted by Gasteiger charge is -2.59. The van der Waals surface area contributed by atoms with Crippen LogP contribution in [-0.2, 0) is 4.74 Å². The van der Waals surface area contributed by atoms with E-state index >= 15 is 4.39 Å². The maximum Gasteiger partial charge on any atom is 0.410 e. The highest BCUT2D eigenvalue weighted by atomic mass is 32.1. The van der Waals surface area contributed by atoms with Crippen molar-refractivity contribution in [3.63, 3.8) is 0 Å². The predicted octanol–water partition coefficient (Wildman–Crippen LogP) is 7.09. The van der Waals surface area contributed by atoms with Crippen LogP contribution in [0.1, 0.15) is 31.1 Å². The molecule has 218 valence electrons. The standard InChI is InChI=1S/C33H30FN5O3S/c1-32(2,3)42-31(41)39-17-33(18-39)15-38(16-33)30(40)21-4-7-23(25(34)13-21)20-5-8-26-24(12-20)27(10-11-35-26)37-22-6-9-29-28(14-22)36-19-43-29/h4-14,19H,15-18H2,1-3H3,(H,35,37). The summed E-state index contributed by atoms with van der Waals surface area (Å²) in [7, 11) is 0. The number of likely N-dealkylation sites (tertiary alicyclic amines) is 2. The lowest BCUT2D eigenvalue weighted by atomic mass is 9.73. The van der Waals surface area contributed by atoms with Crippen LogP contribution in [0.2, 0.25) is 0 Å². The molecule has 2 aliphatic rings. The highest BCUT2D eigenvalue weighted by molar-refractivity contribution is 7.16. The summed E-state index contributed by atoms with van der Waals surface area (Å²) in [6, 6.07) is 18.2. The zero-order valence-corrected chi connectivity index (χ0v) is 24.9. The van der Waals surface area contributed by atoms with E-state index in [9.17, 15) is 9.59 Å². The average Bonchev–Trinajstić information content (AvgIpc) is 3.38. The van der Waals surface area contributed by atoms with Gasteiger partial charge in [0.15, 0.2) is 0 Å². The maximum absolute atomic E-state index is 15.5. The van der Waals surface area contributed by atoms with Gasteiger partial charge in [-0.1, -0.05) is 12.1 Å². The summed E-state index contributed by atoms with van der Waals surface area (Å²) >= 11 is 1.60. The van der Waals surface area contributed by atoms with Crippen LogP contribution >= 0.6 is 11.3 Å². The quantitative estimate of drug-likeness (QED) is 0.239. The zero-order chi connectivity index (χ0) is 29.9. The van der Waals surface area contributed by atoms with E-state index in [1.807, 2.05) is 68.7 Å². The van der Waals surface area contributed by atoms with Crippen LogP contribution in [0.5, 0.6) is 0 Å². The fraction of sp³-hybridized carbons (Fsp3) is 0.273. The summed E-state index contributed by atoms with van der Waals surface area (Å²) in [5.74, 6) is -0.675. The van der Waals surface area contributed by atoms with Gasteiger partial charge in [-0.25, -0.2) is 14.2 Å². The van der Waals surface area contributed by atoms with Gasteiger partial charge in [-0.05, 0) is 74.9 Å². The van der Waals surface area contributed by atoms with E-state index < -0.39 is 11.4 Å². The molecule has 2 aromatic heterocycles. The van der Waals surface area contributed by atoms with E-state index in [1.54, 1.807) is 39.5 Å².